The molecule has 0 aromatic carbocycles. The second-order valence-corrected chi connectivity index (χ2v) is 3.46. The maximum absolute atomic E-state index is 11.6. The van der Waals surface area contributed by atoms with Crippen LogP contribution >= 0.6 is 12.2 Å². The highest BCUT2D eigenvalue weighted by Gasteiger charge is 2.08. The molecule has 16 heavy (non-hydrogen) atoms. The number of likely N-dealkylation sites (N-methyl/N-ethyl adjacent to an activating group) is 1. The number of hydrogen-bond acceptors (Lipinski definition) is 3. The van der Waals surface area contributed by atoms with E-state index >= 15 is 0 Å². The smallest absolute Gasteiger partial charge is 0.254 e. The third kappa shape index (κ3) is 3.47. The number of nitrogens with one attached hydrogen (secondary N) is 3. The Kier molecular flexibility index (Phi) is 4.65. The van der Waals surface area contributed by atoms with Gasteiger partial charge in [0.15, 0.2) is 0 Å². The molecule has 1 aromatic heterocycles. The molecule has 0 bridgehead atoms. The molecule has 0 aliphatic carbocycles. The summed E-state index contributed by atoms with van der Waals surface area (Å²) in [6.07, 6.45) is 1.64. The molecule has 0 saturated carbocycles. The van der Waals surface area contributed by atoms with Crippen molar-refractivity contribution in [3.63, 3.8) is 0 Å². The highest BCUT2D eigenvalue weighted by Crippen LogP contribution is 1.98. The summed E-state index contributed by atoms with van der Waals surface area (Å²) in [4.78, 5) is 25.4. The fourth-order valence-corrected chi connectivity index (χ4v) is 1.34. The molecule has 0 radical (unpaired) electrons. The van der Waals surface area contributed by atoms with Crippen LogP contribution in [0.5, 0.6) is 0 Å². The molecule has 6 heteroatoms. The molecule has 0 spiro atoms. The Labute approximate surface area is 98.3 Å². The number of H-pyrrole nitrogens is 1. The van der Waals surface area contributed by atoms with Gasteiger partial charge in [0.05, 0.1) is 12.1 Å². The maximum Gasteiger partial charge on any atom is 0.254 e. The van der Waals surface area contributed by atoms with Crippen molar-refractivity contribution in [3.05, 3.63) is 28.5 Å². The Morgan fingerprint density at radius 3 is 2.81 bits per heavy atom. The Hall–Kier alpha value is -1.69. The zero-order valence-electron chi connectivity index (χ0n) is 8.87. The van der Waals surface area contributed by atoms with Crippen LogP contribution in [0.1, 0.15) is 17.3 Å². The van der Waals surface area contributed by atoms with Gasteiger partial charge in [0.25, 0.3) is 5.91 Å². The molecule has 0 saturated heterocycles. The van der Waals surface area contributed by atoms with E-state index < -0.39 is 0 Å². The number of rotatable bonds is 4. The van der Waals surface area contributed by atoms with E-state index in [0.29, 0.717) is 16.7 Å². The summed E-state index contributed by atoms with van der Waals surface area (Å²) in [7, 11) is 0. The largest absolute Gasteiger partial charge is 0.355 e. The lowest BCUT2D eigenvalue weighted by atomic mass is 10.3. The highest BCUT2D eigenvalue weighted by atomic mass is 32.1. The Balaban J connectivity index is 2.57. The molecule has 3 N–H and O–H groups in total. The van der Waals surface area contributed by atoms with Gasteiger partial charge in [0.1, 0.15) is 4.64 Å². The van der Waals surface area contributed by atoms with Crippen LogP contribution < -0.4 is 10.6 Å². The summed E-state index contributed by atoms with van der Waals surface area (Å²) >= 11 is 4.94. The summed E-state index contributed by atoms with van der Waals surface area (Å²) in [5.74, 6) is -0.574. The lowest BCUT2D eigenvalue weighted by Crippen LogP contribution is -2.36. The van der Waals surface area contributed by atoms with E-state index in [1.807, 2.05) is 6.92 Å². The normalized spacial score (nSPS) is 9.56. The van der Waals surface area contributed by atoms with Crippen LogP contribution in [0, 0.1) is 4.64 Å². The minimum Gasteiger partial charge on any atom is -0.355 e. The fourth-order valence-electron chi connectivity index (χ4n) is 1.12. The Bertz CT molecular complexity index is 442. The zero-order valence-corrected chi connectivity index (χ0v) is 9.69. The van der Waals surface area contributed by atoms with Crippen LogP contribution in [0.25, 0.3) is 0 Å². The molecule has 5 nitrogen and oxygen atoms in total. The van der Waals surface area contributed by atoms with Crippen LogP contribution in [-0.2, 0) is 4.79 Å². The van der Waals surface area contributed by atoms with E-state index in [0.717, 1.165) is 0 Å². The number of aromatic nitrogens is 1. The van der Waals surface area contributed by atoms with E-state index in [1.165, 1.54) is 0 Å². The summed E-state index contributed by atoms with van der Waals surface area (Å²) in [5, 5.41) is 5.07. The van der Waals surface area contributed by atoms with Gasteiger partial charge in [-0.05, 0) is 19.1 Å². The first-order valence-corrected chi connectivity index (χ1v) is 5.28. The maximum atomic E-state index is 11.6. The van der Waals surface area contributed by atoms with Gasteiger partial charge in [0.2, 0.25) is 5.91 Å². The van der Waals surface area contributed by atoms with Gasteiger partial charge in [0, 0.05) is 12.7 Å². The number of amides is 2. The molecule has 2 amide bonds. The second kappa shape index (κ2) is 6.02. The minimum atomic E-state index is -0.354. The SMILES string of the molecule is CCNC(=O)CNC(=O)c1ccc[nH]c1=S. The minimum absolute atomic E-state index is 0.0453. The van der Waals surface area contributed by atoms with E-state index in [4.69, 9.17) is 12.2 Å². The number of pyridine rings is 1. The number of aromatic amines is 1. The van der Waals surface area contributed by atoms with E-state index in [2.05, 4.69) is 15.6 Å². The van der Waals surface area contributed by atoms with Gasteiger partial charge < -0.3 is 15.6 Å². The average Bonchev–Trinajstić information content (AvgIpc) is 2.27. The lowest BCUT2D eigenvalue weighted by molar-refractivity contribution is -0.120. The lowest BCUT2D eigenvalue weighted by Gasteiger charge is -2.05. The first-order chi connectivity index (χ1) is 7.65. The van der Waals surface area contributed by atoms with Crippen molar-refractivity contribution in [1.82, 2.24) is 15.6 Å². The molecule has 0 aliphatic heterocycles. The fraction of sp³-hybridized carbons (Fsp3) is 0.300. The van der Waals surface area contributed by atoms with Gasteiger partial charge in [-0.15, -0.1) is 0 Å². The Morgan fingerprint density at radius 2 is 2.19 bits per heavy atom. The first-order valence-electron chi connectivity index (χ1n) is 4.87. The quantitative estimate of drug-likeness (QED) is 0.674. The molecule has 0 atom stereocenters. The van der Waals surface area contributed by atoms with E-state index in [9.17, 15) is 9.59 Å². The second-order valence-electron chi connectivity index (χ2n) is 3.05. The van der Waals surface area contributed by atoms with Crippen LogP contribution in [0.2, 0.25) is 0 Å². The molecule has 1 heterocycles. The number of carbonyl (C=O) groups excluding carboxylic acids is 2. The van der Waals surface area contributed by atoms with Crippen molar-refractivity contribution in [2.24, 2.45) is 0 Å². The molecular weight excluding hydrogens is 226 g/mol. The van der Waals surface area contributed by atoms with Gasteiger partial charge >= 0.3 is 0 Å². The molecule has 0 fully saturated rings. The molecular formula is C10H13N3O2S. The predicted octanol–water partition coefficient (Wildman–Crippen LogP) is 0.610. The van der Waals surface area contributed by atoms with E-state index in [1.54, 1.807) is 18.3 Å². The topological polar surface area (TPSA) is 74.0 Å². The van der Waals surface area contributed by atoms with Crippen molar-refractivity contribution < 1.29 is 9.59 Å². The summed E-state index contributed by atoms with van der Waals surface area (Å²) in [6.45, 7) is 2.31. The number of carbonyl (C=O) groups is 2. The van der Waals surface area contributed by atoms with Crippen molar-refractivity contribution in [2.45, 2.75) is 6.92 Å². The van der Waals surface area contributed by atoms with Gasteiger partial charge in [-0.25, -0.2) is 0 Å². The summed E-state index contributed by atoms with van der Waals surface area (Å²) < 4.78 is 0.357. The molecule has 86 valence electrons. The van der Waals surface area contributed by atoms with Crippen LogP contribution in [0.3, 0.4) is 0 Å². The van der Waals surface area contributed by atoms with Crippen molar-refractivity contribution in [1.29, 1.82) is 0 Å². The van der Waals surface area contributed by atoms with E-state index in [-0.39, 0.29) is 18.4 Å². The summed E-state index contributed by atoms with van der Waals surface area (Å²) in [5.41, 5.74) is 0.363. The van der Waals surface area contributed by atoms with Crippen molar-refractivity contribution in [2.75, 3.05) is 13.1 Å². The van der Waals surface area contributed by atoms with Crippen molar-refractivity contribution >= 4 is 24.0 Å². The average molecular weight is 239 g/mol. The van der Waals surface area contributed by atoms with Gasteiger partial charge in [-0.1, -0.05) is 12.2 Å². The third-order valence-corrected chi connectivity index (χ3v) is 2.18. The molecule has 0 unspecified atom stereocenters. The van der Waals surface area contributed by atoms with Crippen LogP contribution in [0.15, 0.2) is 18.3 Å². The molecule has 1 rings (SSSR count). The van der Waals surface area contributed by atoms with Gasteiger partial charge in [-0.2, -0.15) is 0 Å². The summed E-state index contributed by atoms with van der Waals surface area (Å²) in [6, 6.07) is 3.28. The molecule has 1 aromatic rings. The zero-order chi connectivity index (χ0) is 12.0. The highest BCUT2D eigenvalue weighted by molar-refractivity contribution is 7.71. The van der Waals surface area contributed by atoms with Crippen LogP contribution in [-0.4, -0.2) is 29.9 Å². The monoisotopic (exact) mass is 239 g/mol. The number of hydrogen-bond donors (Lipinski definition) is 3. The predicted molar refractivity (Wildman–Crippen MR) is 62.6 cm³/mol. The first kappa shape index (κ1) is 12.4. The molecule has 0 aliphatic rings. The third-order valence-electron chi connectivity index (χ3n) is 1.85. The Morgan fingerprint density at radius 1 is 1.44 bits per heavy atom. The van der Waals surface area contributed by atoms with Gasteiger partial charge in [-0.3, -0.25) is 9.59 Å². The van der Waals surface area contributed by atoms with Crippen LogP contribution in [0.4, 0.5) is 0 Å². The van der Waals surface area contributed by atoms with Crippen molar-refractivity contribution in [3.8, 4) is 0 Å². The standard InChI is InChI=1S/C10H13N3O2S/c1-2-11-8(14)6-13-9(15)7-4-3-5-12-10(7)16/h3-5H,2,6H2,1H3,(H,11,14)(H,12,16)(H,13,15).